The molecule has 2 heterocycles. The Morgan fingerprint density at radius 3 is 2.25 bits per heavy atom. The fourth-order valence-electron chi connectivity index (χ4n) is 2.70. The number of aryl methyl sites for hydroxylation is 2. The highest BCUT2D eigenvalue weighted by Gasteiger charge is 2.21. The zero-order valence-electron chi connectivity index (χ0n) is 16.2. The summed E-state index contributed by atoms with van der Waals surface area (Å²) in [7, 11) is 3.35. The van der Waals surface area contributed by atoms with Gasteiger partial charge < -0.3 is 15.4 Å². The van der Waals surface area contributed by atoms with Crippen LogP contribution in [0.2, 0.25) is 0 Å². The van der Waals surface area contributed by atoms with E-state index in [4.69, 9.17) is 4.74 Å². The molecule has 28 heavy (non-hydrogen) atoms. The maximum Gasteiger partial charge on any atom is 0.276 e. The Labute approximate surface area is 162 Å². The van der Waals surface area contributed by atoms with Crippen LogP contribution in [0, 0.1) is 6.92 Å². The van der Waals surface area contributed by atoms with Gasteiger partial charge in [-0.25, -0.2) is 0 Å². The van der Waals surface area contributed by atoms with Gasteiger partial charge in [-0.3, -0.25) is 19.0 Å². The molecule has 1 aromatic carbocycles. The van der Waals surface area contributed by atoms with Crippen molar-refractivity contribution in [3.63, 3.8) is 0 Å². The number of carbonyl (C=O) groups is 2. The molecule has 146 valence electrons. The van der Waals surface area contributed by atoms with Gasteiger partial charge in [0.15, 0.2) is 0 Å². The number of hydrogen-bond acceptors (Lipinski definition) is 5. The first-order chi connectivity index (χ1) is 13.4. The van der Waals surface area contributed by atoms with Crippen LogP contribution >= 0.6 is 0 Å². The van der Waals surface area contributed by atoms with Crippen LogP contribution in [0.3, 0.4) is 0 Å². The molecule has 2 N–H and O–H groups in total. The summed E-state index contributed by atoms with van der Waals surface area (Å²) in [4.78, 5) is 25.4. The smallest absolute Gasteiger partial charge is 0.276 e. The molecule has 0 aliphatic heterocycles. The number of nitrogens with zero attached hydrogens (tertiary/aromatic N) is 4. The summed E-state index contributed by atoms with van der Waals surface area (Å²) in [5.41, 5.74) is 2.47. The summed E-state index contributed by atoms with van der Waals surface area (Å²) in [6.07, 6.45) is 3.05. The number of nitrogens with one attached hydrogen (secondary N) is 2. The van der Waals surface area contributed by atoms with Crippen molar-refractivity contribution >= 4 is 23.2 Å². The normalized spacial score (nSPS) is 10.6. The molecular formula is C19H22N6O3. The predicted molar refractivity (Wildman–Crippen MR) is 105 cm³/mol. The van der Waals surface area contributed by atoms with Gasteiger partial charge >= 0.3 is 0 Å². The summed E-state index contributed by atoms with van der Waals surface area (Å²) < 4.78 is 8.30. The summed E-state index contributed by atoms with van der Waals surface area (Å²) in [5.74, 6) is -0.0624. The molecule has 9 nitrogen and oxygen atoms in total. The van der Waals surface area contributed by atoms with Gasteiger partial charge in [0.25, 0.3) is 11.8 Å². The number of amides is 2. The lowest BCUT2D eigenvalue weighted by molar-refractivity contribution is 0.101. The second-order valence-corrected chi connectivity index (χ2v) is 6.13. The van der Waals surface area contributed by atoms with Crippen LogP contribution in [0.4, 0.5) is 11.4 Å². The Morgan fingerprint density at radius 2 is 1.68 bits per heavy atom. The van der Waals surface area contributed by atoms with Gasteiger partial charge in [0, 0.05) is 19.2 Å². The average Bonchev–Trinajstić information content (AvgIpc) is 3.25. The molecule has 0 saturated carbocycles. The molecule has 0 aliphatic rings. The van der Waals surface area contributed by atoms with Gasteiger partial charge in [-0.1, -0.05) is 0 Å². The van der Waals surface area contributed by atoms with Crippen LogP contribution in [0.1, 0.15) is 33.5 Å². The molecule has 0 spiro atoms. The SMILES string of the molecule is CCn1ncc(NC(=O)c2ccc(OC)cc2)c1C(=O)Nc1cnn(C)c1C. The minimum Gasteiger partial charge on any atom is -0.497 e. The van der Waals surface area contributed by atoms with E-state index in [2.05, 4.69) is 20.8 Å². The lowest BCUT2D eigenvalue weighted by atomic mass is 10.2. The molecule has 3 aromatic rings. The highest BCUT2D eigenvalue weighted by Crippen LogP contribution is 2.20. The topological polar surface area (TPSA) is 103 Å². The fraction of sp³-hybridized carbons (Fsp3) is 0.263. The summed E-state index contributed by atoms with van der Waals surface area (Å²) in [6.45, 7) is 4.20. The quantitative estimate of drug-likeness (QED) is 0.682. The van der Waals surface area contributed by atoms with Crippen LogP contribution in [-0.2, 0) is 13.6 Å². The maximum atomic E-state index is 12.9. The molecule has 0 unspecified atom stereocenters. The number of benzene rings is 1. The molecule has 0 aliphatic carbocycles. The van der Waals surface area contributed by atoms with Gasteiger partial charge in [0.1, 0.15) is 11.4 Å². The third-order valence-electron chi connectivity index (χ3n) is 4.44. The Bertz CT molecular complexity index is 1000. The van der Waals surface area contributed by atoms with Crippen LogP contribution in [-0.4, -0.2) is 38.5 Å². The van der Waals surface area contributed by atoms with Gasteiger partial charge in [0.2, 0.25) is 0 Å². The van der Waals surface area contributed by atoms with E-state index in [0.29, 0.717) is 29.2 Å². The Hall–Kier alpha value is -3.62. The van der Waals surface area contributed by atoms with E-state index >= 15 is 0 Å². The molecule has 0 radical (unpaired) electrons. The fourth-order valence-corrected chi connectivity index (χ4v) is 2.70. The first-order valence-electron chi connectivity index (χ1n) is 8.75. The van der Waals surface area contributed by atoms with E-state index in [-0.39, 0.29) is 17.5 Å². The van der Waals surface area contributed by atoms with Crippen molar-refractivity contribution in [2.45, 2.75) is 20.4 Å². The van der Waals surface area contributed by atoms with Crippen molar-refractivity contribution in [2.24, 2.45) is 7.05 Å². The second kappa shape index (κ2) is 7.95. The number of hydrogen-bond donors (Lipinski definition) is 2. The summed E-state index contributed by atoms with van der Waals surface area (Å²) in [5, 5.41) is 13.9. The van der Waals surface area contributed by atoms with Crippen molar-refractivity contribution in [3.8, 4) is 5.75 Å². The highest BCUT2D eigenvalue weighted by atomic mass is 16.5. The van der Waals surface area contributed by atoms with Gasteiger partial charge in [0.05, 0.1) is 36.6 Å². The number of rotatable bonds is 6. The molecule has 0 bridgehead atoms. The number of aromatic nitrogens is 4. The molecular weight excluding hydrogens is 360 g/mol. The van der Waals surface area contributed by atoms with Crippen molar-refractivity contribution in [3.05, 3.63) is 53.6 Å². The third-order valence-corrected chi connectivity index (χ3v) is 4.44. The van der Waals surface area contributed by atoms with Gasteiger partial charge in [-0.2, -0.15) is 10.2 Å². The van der Waals surface area contributed by atoms with E-state index in [1.54, 1.807) is 49.3 Å². The molecule has 9 heteroatoms. The van der Waals surface area contributed by atoms with Gasteiger partial charge in [-0.15, -0.1) is 0 Å². The summed E-state index contributed by atoms with van der Waals surface area (Å²) >= 11 is 0. The lowest BCUT2D eigenvalue weighted by Crippen LogP contribution is -2.21. The molecule has 0 atom stereocenters. The number of methoxy groups -OCH3 is 1. The summed E-state index contributed by atoms with van der Waals surface area (Å²) in [6, 6.07) is 6.70. The Kier molecular flexibility index (Phi) is 5.44. The van der Waals surface area contributed by atoms with Crippen LogP contribution in [0.15, 0.2) is 36.7 Å². The monoisotopic (exact) mass is 382 g/mol. The zero-order chi connectivity index (χ0) is 20.3. The van der Waals surface area contributed by atoms with E-state index in [9.17, 15) is 9.59 Å². The molecule has 0 fully saturated rings. The van der Waals surface area contributed by atoms with Crippen molar-refractivity contribution in [2.75, 3.05) is 17.7 Å². The molecule has 3 rings (SSSR count). The minimum absolute atomic E-state index is 0.271. The van der Waals surface area contributed by atoms with Crippen LogP contribution in [0.25, 0.3) is 0 Å². The first-order valence-corrected chi connectivity index (χ1v) is 8.75. The molecule has 2 amide bonds. The largest absolute Gasteiger partial charge is 0.497 e. The highest BCUT2D eigenvalue weighted by molar-refractivity contribution is 6.11. The molecule has 2 aromatic heterocycles. The van der Waals surface area contributed by atoms with Crippen molar-refractivity contribution in [1.29, 1.82) is 0 Å². The van der Waals surface area contributed by atoms with E-state index in [0.717, 1.165) is 5.69 Å². The van der Waals surface area contributed by atoms with E-state index < -0.39 is 0 Å². The molecule has 0 saturated heterocycles. The van der Waals surface area contributed by atoms with Crippen LogP contribution < -0.4 is 15.4 Å². The first kappa shape index (κ1) is 19.2. The Balaban J connectivity index is 1.84. The van der Waals surface area contributed by atoms with E-state index in [1.807, 2.05) is 13.8 Å². The third kappa shape index (κ3) is 3.73. The van der Waals surface area contributed by atoms with Crippen LogP contribution in [0.5, 0.6) is 5.75 Å². The zero-order valence-corrected chi connectivity index (χ0v) is 16.2. The standard InChI is InChI=1S/C19H22N6O3/c1-5-25-17(19(27)22-15-10-20-24(3)12(15)2)16(11-21-25)23-18(26)13-6-8-14(28-4)9-7-13/h6-11H,5H2,1-4H3,(H,22,27)(H,23,26). The maximum absolute atomic E-state index is 12.9. The number of ether oxygens (including phenoxy) is 1. The predicted octanol–water partition coefficient (Wildman–Crippen LogP) is 2.46. The average molecular weight is 382 g/mol. The second-order valence-electron chi connectivity index (χ2n) is 6.13. The number of carbonyl (C=O) groups excluding carboxylic acids is 2. The Morgan fingerprint density at radius 1 is 1.04 bits per heavy atom. The minimum atomic E-state index is -0.375. The number of anilines is 2. The van der Waals surface area contributed by atoms with E-state index in [1.165, 1.54) is 10.9 Å². The lowest BCUT2D eigenvalue weighted by Gasteiger charge is -2.10. The van der Waals surface area contributed by atoms with Crippen molar-refractivity contribution < 1.29 is 14.3 Å². The van der Waals surface area contributed by atoms with Gasteiger partial charge in [-0.05, 0) is 38.1 Å². The van der Waals surface area contributed by atoms with Crippen molar-refractivity contribution in [1.82, 2.24) is 19.6 Å².